The Bertz CT molecular complexity index is 428. The smallest absolute Gasteiger partial charge is 0.330 e. The van der Waals surface area contributed by atoms with Crippen molar-refractivity contribution in [1.29, 1.82) is 0 Å². The van der Waals surface area contributed by atoms with Crippen molar-refractivity contribution >= 4 is 0 Å². The van der Waals surface area contributed by atoms with Gasteiger partial charge >= 0.3 is 6.18 Å². The van der Waals surface area contributed by atoms with E-state index in [0.717, 1.165) is 44.5 Å². The lowest BCUT2D eigenvalue weighted by molar-refractivity contribution is -0.137. The fraction of sp³-hybridized carbons (Fsp3) is 0.786. The first kappa shape index (κ1) is 15.4. The normalized spacial score (nSPS) is 27.8. The molecule has 1 heterocycles. The van der Waals surface area contributed by atoms with Gasteiger partial charge in [0.1, 0.15) is 0 Å². The molecule has 3 unspecified atom stereocenters. The molecule has 0 radical (unpaired) electrons. The van der Waals surface area contributed by atoms with E-state index in [1.165, 1.54) is 4.68 Å². The van der Waals surface area contributed by atoms with Gasteiger partial charge in [0.2, 0.25) is 0 Å². The summed E-state index contributed by atoms with van der Waals surface area (Å²) < 4.78 is 39.5. The average Bonchev–Trinajstić information content (AvgIpc) is 2.88. The molecule has 0 aromatic carbocycles. The largest absolute Gasteiger partial charge is 0.419 e. The van der Waals surface area contributed by atoms with Gasteiger partial charge in [-0.15, -0.1) is 0 Å². The van der Waals surface area contributed by atoms with Crippen LogP contribution in [0.25, 0.3) is 0 Å². The van der Waals surface area contributed by atoms with Crippen LogP contribution in [0.3, 0.4) is 0 Å². The molecule has 6 heteroatoms. The lowest BCUT2D eigenvalue weighted by atomic mass is 9.76. The Hall–Kier alpha value is -1.04. The Morgan fingerprint density at radius 1 is 1.40 bits per heavy atom. The van der Waals surface area contributed by atoms with Gasteiger partial charge in [0.15, 0.2) is 0 Å². The third-order valence-electron chi connectivity index (χ3n) is 4.33. The molecule has 0 spiro atoms. The van der Waals surface area contributed by atoms with Crippen molar-refractivity contribution in [3.63, 3.8) is 0 Å². The maximum absolute atomic E-state index is 12.7. The van der Waals surface area contributed by atoms with Crippen LogP contribution >= 0.6 is 0 Å². The van der Waals surface area contributed by atoms with Gasteiger partial charge in [-0.05, 0) is 37.6 Å². The topological polar surface area (TPSA) is 43.8 Å². The van der Waals surface area contributed by atoms with E-state index in [1.54, 1.807) is 0 Å². The Morgan fingerprint density at radius 3 is 2.70 bits per heavy atom. The highest BCUT2D eigenvalue weighted by Gasteiger charge is 2.35. The second-order valence-corrected chi connectivity index (χ2v) is 5.74. The Kier molecular flexibility index (Phi) is 4.73. The van der Waals surface area contributed by atoms with Crippen molar-refractivity contribution in [3.05, 3.63) is 18.0 Å². The van der Waals surface area contributed by atoms with Crippen LogP contribution in [0.5, 0.6) is 0 Å². The molecule has 0 saturated heterocycles. The lowest BCUT2D eigenvalue weighted by Gasteiger charge is -2.35. The van der Waals surface area contributed by atoms with Gasteiger partial charge in [0.25, 0.3) is 0 Å². The molecule has 114 valence electrons. The summed E-state index contributed by atoms with van der Waals surface area (Å²) >= 11 is 0. The van der Waals surface area contributed by atoms with Crippen molar-refractivity contribution < 1.29 is 13.2 Å². The Balaban J connectivity index is 2.16. The van der Waals surface area contributed by atoms with Crippen LogP contribution in [0.15, 0.2) is 12.4 Å². The zero-order valence-corrected chi connectivity index (χ0v) is 11.7. The van der Waals surface area contributed by atoms with E-state index in [1.807, 2.05) is 0 Å². The second kappa shape index (κ2) is 6.16. The number of rotatable bonds is 4. The first-order valence-corrected chi connectivity index (χ1v) is 7.27. The highest BCUT2D eigenvalue weighted by Crippen LogP contribution is 2.39. The molecule has 1 aliphatic rings. The molecule has 1 aliphatic carbocycles. The van der Waals surface area contributed by atoms with Gasteiger partial charge in [-0.2, -0.15) is 18.3 Å². The van der Waals surface area contributed by atoms with Gasteiger partial charge in [-0.3, -0.25) is 4.68 Å². The number of hydrogen-bond donors (Lipinski definition) is 1. The molecule has 2 N–H and O–H groups in total. The van der Waals surface area contributed by atoms with Gasteiger partial charge in [0.05, 0.1) is 17.8 Å². The molecule has 0 bridgehead atoms. The van der Waals surface area contributed by atoms with E-state index >= 15 is 0 Å². The number of nitrogens with two attached hydrogens (primary N) is 1. The van der Waals surface area contributed by atoms with Gasteiger partial charge in [-0.1, -0.05) is 19.8 Å². The Labute approximate surface area is 117 Å². The molecular formula is C14H22F3N3. The summed E-state index contributed by atoms with van der Waals surface area (Å²) in [6, 6.07) is 0.00130. The average molecular weight is 289 g/mol. The molecular weight excluding hydrogens is 267 g/mol. The highest BCUT2D eigenvalue weighted by molar-refractivity contribution is 5.09. The highest BCUT2D eigenvalue weighted by atomic mass is 19.4. The summed E-state index contributed by atoms with van der Waals surface area (Å²) in [5.41, 5.74) is 5.10. The van der Waals surface area contributed by atoms with Crippen LogP contribution < -0.4 is 5.73 Å². The monoisotopic (exact) mass is 289 g/mol. The molecule has 3 nitrogen and oxygen atoms in total. The predicted octanol–water partition coefficient (Wildman–Crippen LogP) is 3.62. The van der Waals surface area contributed by atoms with Crippen LogP contribution in [0.2, 0.25) is 0 Å². The van der Waals surface area contributed by atoms with Crippen LogP contribution in [0.1, 0.15) is 50.6 Å². The fourth-order valence-electron chi connectivity index (χ4n) is 3.23. The molecule has 1 saturated carbocycles. The number of hydrogen-bond acceptors (Lipinski definition) is 2. The molecule has 0 aliphatic heterocycles. The van der Waals surface area contributed by atoms with Crippen molar-refractivity contribution in [2.24, 2.45) is 17.6 Å². The van der Waals surface area contributed by atoms with Crippen LogP contribution in [0.4, 0.5) is 13.2 Å². The molecule has 20 heavy (non-hydrogen) atoms. The van der Waals surface area contributed by atoms with E-state index in [-0.39, 0.29) is 12.0 Å². The first-order chi connectivity index (χ1) is 9.45. The van der Waals surface area contributed by atoms with Crippen molar-refractivity contribution in [2.45, 2.75) is 51.2 Å². The van der Waals surface area contributed by atoms with Crippen LogP contribution in [-0.4, -0.2) is 16.3 Å². The minimum atomic E-state index is -4.33. The van der Waals surface area contributed by atoms with Crippen LogP contribution in [-0.2, 0) is 6.18 Å². The maximum Gasteiger partial charge on any atom is 0.419 e. The molecule has 3 atom stereocenters. The SMILES string of the molecule is CCCC1CCC(CN)C(n2cc(C(F)(F)F)cn2)C1. The van der Waals surface area contributed by atoms with E-state index in [9.17, 15) is 13.2 Å². The third kappa shape index (κ3) is 3.34. The minimum absolute atomic E-state index is 0.00130. The number of nitrogens with zero attached hydrogens (tertiary/aromatic N) is 2. The maximum atomic E-state index is 12.7. The first-order valence-electron chi connectivity index (χ1n) is 7.27. The molecule has 1 fully saturated rings. The number of halogens is 3. The molecule has 1 aromatic rings. The van der Waals surface area contributed by atoms with Gasteiger partial charge in [-0.25, -0.2) is 0 Å². The molecule has 0 amide bonds. The quantitative estimate of drug-likeness (QED) is 0.920. The van der Waals surface area contributed by atoms with Crippen molar-refractivity contribution in [3.8, 4) is 0 Å². The van der Waals surface area contributed by atoms with Gasteiger partial charge in [0, 0.05) is 6.20 Å². The zero-order chi connectivity index (χ0) is 14.8. The second-order valence-electron chi connectivity index (χ2n) is 5.74. The van der Waals surface area contributed by atoms with Crippen molar-refractivity contribution in [1.82, 2.24) is 9.78 Å². The van der Waals surface area contributed by atoms with Crippen LogP contribution in [0, 0.1) is 11.8 Å². The van der Waals surface area contributed by atoms with Gasteiger partial charge < -0.3 is 5.73 Å². The Morgan fingerprint density at radius 2 is 2.15 bits per heavy atom. The predicted molar refractivity (Wildman–Crippen MR) is 71.1 cm³/mol. The zero-order valence-electron chi connectivity index (χ0n) is 11.7. The summed E-state index contributed by atoms with van der Waals surface area (Å²) in [6.45, 7) is 2.64. The lowest BCUT2D eigenvalue weighted by Crippen LogP contribution is -2.32. The van der Waals surface area contributed by atoms with E-state index in [0.29, 0.717) is 12.5 Å². The number of alkyl halides is 3. The summed E-state index contributed by atoms with van der Waals surface area (Å²) in [5, 5.41) is 3.94. The standard InChI is InChI=1S/C14H22F3N3/c1-2-3-10-4-5-11(7-18)13(6-10)20-9-12(8-19-20)14(15,16)17/h8-11,13H,2-7,18H2,1H3. The summed E-state index contributed by atoms with van der Waals surface area (Å²) in [4.78, 5) is 0. The van der Waals surface area contributed by atoms with E-state index < -0.39 is 11.7 Å². The molecule has 2 rings (SSSR count). The summed E-state index contributed by atoms with van der Waals surface area (Å²) in [5.74, 6) is 0.801. The minimum Gasteiger partial charge on any atom is -0.330 e. The molecule has 1 aromatic heterocycles. The summed E-state index contributed by atoms with van der Waals surface area (Å²) in [7, 11) is 0. The van der Waals surface area contributed by atoms with E-state index in [4.69, 9.17) is 5.73 Å². The summed E-state index contributed by atoms with van der Waals surface area (Å²) in [6.07, 6.45) is 2.94. The fourth-order valence-corrected chi connectivity index (χ4v) is 3.23. The van der Waals surface area contributed by atoms with Crippen molar-refractivity contribution in [2.75, 3.05) is 6.54 Å². The number of aromatic nitrogens is 2. The van der Waals surface area contributed by atoms with E-state index in [2.05, 4.69) is 12.0 Å². The third-order valence-corrected chi connectivity index (χ3v) is 4.33.